The second-order valence-electron chi connectivity index (χ2n) is 9.23. The van der Waals surface area contributed by atoms with Crippen LogP contribution < -0.4 is 0 Å². The molecule has 0 spiro atoms. The molecule has 25 heavy (non-hydrogen) atoms. The summed E-state index contributed by atoms with van der Waals surface area (Å²) < 4.78 is 5.87. The van der Waals surface area contributed by atoms with E-state index in [2.05, 4.69) is 39.7 Å². The smallest absolute Gasteiger partial charge is 0.292 e. The third-order valence-electron chi connectivity index (χ3n) is 5.66. The first-order valence-corrected chi connectivity index (χ1v) is 18.3. The van der Waals surface area contributed by atoms with Gasteiger partial charge >= 0.3 is 0 Å². The molecule has 0 heterocycles. The van der Waals surface area contributed by atoms with Crippen molar-refractivity contribution in [3.05, 3.63) is 0 Å². The Morgan fingerprint density at radius 2 is 1.00 bits per heavy atom. The predicted octanol–water partition coefficient (Wildman–Crippen LogP) is 7.63. The Hall–Kier alpha value is -0.0962. The van der Waals surface area contributed by atoms with E-state index in [4.69, 9.17) is 4.43 Å². The molecule has 0 fully saturated rings. The molecule has 0 aliphatic heterocycles. The van der Waals surface area contributed by atoms with Crippen molar-refractivity contribution in [2.75, 3.05) is 0 Å². The van der Waals surface area contributed by atoms with Gasteiger partial charge in [0.15, 0.2) is 0 Å². The van der Waals surface area contributed by atoms with Crippen LogP contribution in [0.1, 0.15) is 96.8 Å². The van der Waals surface area contributed by atoms with Crippen molar-refractivity contribution in [3.8, 4) is 0 Å². The molecule has 0 unspecified atom stereocenters. The van der Waals surface area contributed by atoms with Gasteiger partial charge < -0.3 is 4.43 Å². The highest BCUT2D eigenvalue weighted by molar-refractivity contribution is 7.38. The molecule has 0 aliphatic carbocycles. The van der Waals surface area contributed by atoms with Crippen molar-refractivity contribution in [2.45, 2.75) is 130 Å². The number of carbonyl (C=O) groups excluding carboxylic acids is 1. The molecule has 0 aromatic rings. The third-order valence-corrected chi connectivity index (χ3v) is 21.2. The molecular weight excluding hydrogens is 340 g/mol. The van der Waals surface area contributed by atoms with Gasteiger partial charge in [-0.1, -0.05) is 104 Å². The highest BCUT2D eigenvalue weighted by atomic mass is 29.3. The van der Waals surface area contributed by atoms with Gasteiger partial charge in [-0.05, 0) is 19.5 Å². The van der Waals surface area contributed by atoms with Gasteiger partial charge in [0.1, 0.15) is 0 Å². The van der Waals surface area contributed by atoms with Crippen molar-refractivity contribution in [1.29, 1.82) is 0 Å². The minimum Gasteiger partial charge on any atom is -0.522 e. The van der Waals surface area contributed by atoms with Gasteiger partial charge in [0, 0.05) is 6.42 Å². The van der Waals surface area contributed by atoms with Crippen LogP contribution in [0.2, 0.25) is 32.7 Å². The fraction of sp³-hybridized carbons (Fsp3) is 0.952. The lowest BCUT2D eigenvalue weighted by Gasteiger charge is -2.34. The minimum absolute atomic E-state index is 0.0576. The topological polar surface area (TPSA) is 26.3 Å². The first-order chi connectivity index (χ1) is 11.7. The Balaban J connectivity index is 3.43. The summed E-state index contributed by atoms with van der Waals surface area (Å²) in [4.78, 5) is 12.0. The lowest BCUT2D eigenvalue weighted by molar-refractivity contribution is -0.135. The molecule has 0 aliphatic rings. The van der Waals surface area contributed by atoms with Crippen molar-refractivity contribution >= 4 is 21.4 Å². The third kappa shape index (κ3) is 13.7. The van der Waals surface area contributed by atoms with Crippen LogP contribution in [0.3, 0.4) is 0 Å². The number of carbonyl (C=O) groups is 1. The van der Waals surface area contributed by atoms with Gasteiger partial charge in [-0.2, -0.15) is 0 Å². The molecule has 2 nitrogen and oxygen atoms in total. The summed E-state index contributed by atoms with van der Waals surface area (Å²) in [6.07, 6.45) is 18.1. The zero-order valence-electron chi connectivity index (χ0n) is 18.2. The van der Waals surface area contributed by atoms with Crippen LogP contribution in [0.4, 0.5) is 0 Å². The van der Waals surface area contributed by atoms with Crippen LogP contribution in [0, 0.1) is 0 Å². The highest BCUT2D eigenvalue weighted by Gasteiger charge is 2.41. The molecule has 150 valence electrons. The van der Waals surface area contributed by atoms with Crippen LogP contribution >= 0.6 is 0 Å². The van der Waals surface area contributed by atoms with E-state index in [9.17, 15) is 4.79 Å². The van der Waals surface area contributed by atoms with Crippen LogP contribution in [0.5, 0.6) is 0 Å². The number of hydrogen-bond donors (Lipinski definition) is 0. The van der Waals surface area contributed by atoms with Gasteiger partial charge in [0.25, 0.3) is 5.97 Å². The second kappa shape index (κ2) is 14.0. The van der Waals surface area contributed by atoms with Gasteiger partial charge in [0.2, 0.25) is 7.83 Å². The average Bonchev–Trinajstić information content (AvgIpc) is 2.50. The summed E-state index contributed by atoms with van der Waals surface area (Å²) in [6, 6.07) is 0. The van der Waals surface area contributed by atoms with Crippen molar-refractivity contribution < 1.29 is 9.22 Å². The average molecular weight is 387 g/mol. The molecule has 0 N–H and O–H groups in total. The molecule has 0 aromatic heterocycles. The lowest BCUT2D eigenvalue weighted by Crippen LogP contribution is -2.55. The Morgan fingerprint density at radius 1 is 0.640 bits per heavy atom. The number of hydrogen-bond acceptors (Lipinski definition) is 2. The summed E-state index contributed by atoms with van der Waals surface area (Å²) in [7, 11) is -3.12. The summed E-state index contributed by atoms with van der Waals surface area (Å²) in [5.74, 6) is 0.0576. The molecule has 0 amide bonds. The standard InChI is InChI=1S/C21H46O2Si2/c1-7-8-9-10-11-12-13-14-15-16-17-18-19-20-21(22)23-25(5,6)24(2,3)4/h7-20H2,1-6H3. The normalized spacial score (nSPS) is 12.4. The summed E-state index contributed by atoms with van der Waals surface area (Å²) >= 11 is 0. The fourth-order valence-corrected chi connectivity index (χ4v) is 5.01. The van der Waals surface area contributed by atoms with E-state index < -0.39 is 15.4 Å². The van der Waals surface area contributed by atoms with Crippen LogP contribution in [0.15, 0.2) is 0 Å². The van der Waals surface area contributed by atoms with Gasteiger partial charge in [-0.15, -0.1) is 0 Å². The summed E-state index contributed by atoms with van der Waals surface area (Å²) in [6.45, 7) is 13.6. The molecule has 4 heteroatoms. The summed E-state index contributed by atoms with van der Waals surface area (Å²) in [5.41, 5.74) is 0. The van der Waals surface area contributed by atoms with Crippen molar-refractivity contribution in [3.63, 3.8) is 0 Å². The SMILES string of the molecule is CCCCCCCCCCCCCCCC(=O)O[Si](C)(C)[Si](C)(C)C. The molecule has 0 saturated carbocycles. The van der Waals surface area contributed by atoms with E-state index in [0.29, 0.717) is 6.42 Å². The van der Waals surface area contributed by atoms with Crippen LogP contribution in [0.25, 0.3) is 0 Å². The lowest BCUT2D eigenvalue weighted by atomic mass is 10.0. The maximum atomic E-state index is 12.0. The largest absolute Gasteiger partial charge is 0.522 e. The maximum absolute atomic E-state index is 12.0. The molecule has 0 saturated heterocycles. The monoisotopic (exact) mass is 386 g/mol. The Labute approximate surface area is 160 Å². The number of rotatable bonds is 16. The molecule has 0 bridgehead atoms. The van der Waals surface area contributed by atoms with Crippen molar-refractivity contribution in [1.82, 2.24) is 0 Å². The van der Waals surface area contributed by atoms with E-state index in [-0.39, 0.29) is 5.97 Å². The zero-order valence-corrected chi connectivity index (χ0v) is 20.2. The summed E-state index contributed by atoms with van der Waals surface area (Å²) in [5, 5.41) is 0. The maximum Gasteiger partial charge on any atom is 0.292 e. The van der Waals surface area contributed by atoms with Gasteiger partial charge in [-0.3, -0.25) is 4.79 Å². The quantitative estimate of drug-likeness (QED) is 0.201. The second-order valence-corrected chi connectivity index (χ2v) is 25.1. The van der Waals surface area contributed by atoms with E-state index in [0.717, 1.165) is 6.42 Å². The van der Waals surface area contributed by atoms with Gasteiger partial charge in [0.05, 0.1) is 7.59 Å². The first-order valence-electron chi connectivity index (χ1n) is 10.9. The van der Waals surface area contributed by atoms with Crippen LogP contribution in [-0.2, 0) is 9.22 Å². The minimum atomic E-state index is -1.78. The molecular formula is C21H46O2Si2. The van der Waals surface area contributed by atoms with E-state index in [1.807, 2.05) is 0 Å². The van der Waals surface area contributed by atoms with Crippen molar-refractivity contribution in [2.24, 2.45) is 0 Å². The Kier molecular flexibility index (Phi) is 14.0. The first kappa shape index (κ1) is 24.9. The van der Waals surface area contributed by atoms with Gasteiger partial charge in [-0.25, -0.2) is 0 Å². The van der Waals surface area contributed by atoms with E-state index >= 15 is 0 Å². The molecule has 0 radical (unpaired) electrons. The molecule has 0 rings (SSSR count). The number of unbranched alkanes of at least 4 members (excludes halogenated alkanes) is 12. The molecule has 0 aromatic carbocycles. The highest BCUT2D eigenvalue weighted by Crippen LogP contribution is 2.21. The van der Waals surface area contributed by atoms with Crippen LogP contribution in [-0.4, -0.2) is 21.4 Å². The zero-order chi connectivity index (χ0) is 19.2. The Bertz CT molecular complexity index is 335. The fourth-order valence-electron chi connectivity index (χ4n) is 2.78. The predicted molar refractivity (Wildman–Crippen MR) is 117 cm³/mol. The molecule has 0 atom stereocenters. The van der Waals surface area contributed by atoms with E-state index in [1.165, 1.54) is 77.0 Å². The van der Waals surface area contributed by atoms with E-state index in [1.54, 1.807) is 0 Å². The Morgan fingerprint density at radius 3 is 1.36 bits per heavy atom.